The highest BCUT2D eigenvalue weighted by molar-refractivity contribution is 7.47. The summed E-state index contributed by atoms with van der Waals surface area (Å²) >= 11 is 0. The SMILES string of the molecule is CC/C=C\C/C=C\C/C=C\C/C=C\C/C=C\C/C=C\CCCOCC(COP(=O)(O)OCCN)OC(=O)CCCCCCCCCCC/C=C\C/C=C\CCCCCCC. The van der Waals surface area contributed by atoms with E-state index in [-0.39, 0.29) is 32.3 Å². The van der Waals surface area contributed by atoms with Crippen LogP contribution in [0.15, 0.2) is 97.2 Å². The number of esters is 1. The van der Waals surface area contributed by atoms with Gasteiger partial charge < -0.3 is 20.1 Å². The fourth-order valence-corrected chi connectivity index (χ4v) is 6.81. The van der Waals surface area contributed by atoms with Crippen LogP contribution in [0.25, 0.3) is 0 Å². The largest absolute Gasteiger partial charge is 0.472 e. The molecule has 0 spiro atoms. The van der Waals surface area contributed by atoms with Crippen LogP contribution in [-0.2, 0) is 27.9 Å². The first-order valence-electron chi connectivity index (χ1n) is 23.7. The Morgan fingerprint density at radius 3 is 1.40 bits per heavy atom. The molecule has 0 fully saturated rings. The molecule has 2 unspecified atom stereocenters. The van der Waals surface area contributed by atoms with Crippen molar-refractivity contribution in [3.05, 3.63) is 97.2 Å². The topological polar surface area (TPSA) is 117 Å². The number of ether oxygens (including phenoxy) is 2. The maximum absolute atomic E-state index is 12.6. The van der Waals surface area contributed by atoms with Gasteiger partial charge in [-0.1, -0.05) is 182 Å². The lowest BCUT2D eigenvalue weighted by Crippen LogP contribution is -2.28. The van der Waals surface area contributed by atoms with Crippen molar-refractivity contribution in [2.45, 2.75) is 187 Å². The molecule has 3 N–H and O–H groups in total. The van der Waals surface area contributed by atoms with E-state index in [2.05, 4.69) is 111 Å². The number of hydrogen-bond acceptors (Lipinski definition) is 7. The molecule has 0 rings (SSSR count). The second-order valence-corrected chi connectivity index (χ2v) is 16.7. The number of carbonyl (C=O) groups excluding carboxylic acids is 1. The highest BCUT2D eigenvalue weighted by atomic mass is 31.2. The average molecular weight is 858 g/mol. The van der Waals surface area contributed by atoms with E-state index in [1.54, 1.807) is 0 Å². The Kier molecular flexibility index (Phi) is 45.4. The van der Waals surface area contributed by atoms with E-state index in [1.165, 1.54) is 83.5 Å². The van der Waals surface area contributed by atoms with E-state index in [4.69, 9.17) is 24.3 Å². The Morgan fingerprint density at radius 1 is 0.517 bits per heavy atom. The number of nitrogens with two attached hydrogens (primary N) is 1. The molecule has 0 radical (unpaired) electrons. The zero-order valence-electron chi connectivity index (χ0n) is 38.2. The van der Waals surface area contributed by atoms with Gasteiger partial charge in [0.15, 0.2) is 0 Å². The summed E-state index contributed by atoms with van der Waals surface area (Å²) in [6.45, 7) is 4.62. The third kappa shape index (κ3) is 46.5. The summed E-state index contributed by atoms with van der Waals surface area (Å²) in [5.74, 6) is -0.358. The average Bonchev–Trinajstić information content (AvgIpc) is 3.24. The van der Waals surface area contributed by atoms with Gasteiger partial charge in [-0.3, -0.25) is 13.8 Å². The van der Waals surface area contributed by atoms with Crippen molar-refractivity contribution in [3.8, 4) is 0 Å². The van der Waals surface area contributed by atoms with E-state index in [9.17, 15) is 14.3 Å². The zero-order chi connectivity index (χ0) is 43.7. The van der Waals surface area contributed by atoms with E-state index in [1.807, 2.05) is 0 Å². The summed E-state index contributed by atoms with van der Waals surface area (Å²) < 4.78 is 33.4. The van der Waals surface area contributed by atoms with Crippen LogP contribution < -0.4 is 5.73 Å². The Hall–Kier alpha value is -2.58. The fraction of sp³-hybridized carbons (Fsp3) is 0.667. The lowest BCUT2D eigenvalue weighted by molar-refractivity contribution is -0.154. The number of unbranched alkanes of at least 4 members (excludes halogenated alkanes) is 15. The van der Waals surface area contributed by atoms with Crippen molar-refractivity contribution in [3.63, 3.8) is 0 Å². The van der Waals surface area contributed by atoms with Gasteiger partial charge in [-0.2, -0.15) is 0 Å². The summed E-state index contributed by atoms with van der Waals surface area (Å²) in [6.07, 6.45) is 63.0. The fourth-order valence-electron chi connectivity index (χ4n) is 6.04. The molecule has 0 bridgehead atoms. The van der Waals surface area contributed by atoms with Gasteiger partial charge in [-0.15, -0.1) is 0 Å². The lowest BCUT2D eigenvalue weighted by atomic mass is 10.1. The molecule has 0 aliphatic rings. The Labute approximate surface area is 368 Å². The molecule has 2 atom stereocenters. The number of phosphoric acid groups is 1. The van der Waals surface area contributed by atoms with Gasteiger partial charge in [-0.25, -0.2) is 4.57 Å². The van der Waals surface area contributed by atoms with Crippen LogP contribution in [0, 0.1) is 0 Å². The maximum Gasteiger partial charge on any atom is 0.472 e. The van der Waals surface area contributed by atoms with Gasteiger partial charge in [0.05, 0.1) is 19.8 Å². The number of carbonyl (C=O) groups is 1. The zero-order valence-corrected chi connectivity index (χ0v) is 39.1. The van der Waals surface area contributed by atoms with Gasteiger partial charge in [0.2, 0.25) is 0 Å². The molecule has 0 saturated heterocycles. The van der Waals surface area contributed by atoms with Gasteiger partial charge in [-0.05, 0) is 89.9 Å². The van der Waals surface area contributed by atoms with Crippen LogP contribution >= 0.6 is 7.82 Å². The van der Waals surface area contributed by atoms with Crippen molar-refractivity contribution in [2.75, 3.05) is 33.0 Å². The maximum atomic E-state index is 12.6. The Morgan fingerprint density at radius 2 is 0.933 bits per heavy atom. The molecule has 0 amide bonds. The smallest absolute Gasteiger partial charge is 0.457 e. The van der Waals surface area contributed by atoms with Gasteiger partial charge in [0.1, 0.15) is 6.10 Å². The van der Waals surface area contributed by atoms with Crippen molar-refractivity contribution in [1.29, 1.82) is 0 Å². The van der Waals surface area contributed by atoms with Crippen LogP contribution in [-0.4, -0.2) is 49.9 Å². The molecular formula is C51H88NO7P. The molecule has 344 valence electrons. The minimum atomic E-state index is -4.30. The lowest BCUT2D eigenvalue weighted by Gasteiger charge is -2.20. The number of hydrogen-bond donors (Lipinski definition) is 2. The summed E-state index contributed by atoms with van der Waals surface area (Å²) in [7, 11) is -4.30. The number of allylic oxidation sites excluding steroid dienone is 16. The predicted octanol–water partition coefficient (Wildman–Crippen LogP) is 14.6. The van der Waals surface area contributed by atoms with Gasteiger partial charge in [0, 0.05) is 19.6 Å². The standard InChI is InChI=1S/C51H88NO7P/c1-3-5-7-9-11-13-15-17-19-21-23-25-26-28-30-32-34-36-38-40-42-44-51(53)59-50(49-58-60(54,55)57-47-45-52)48-56-46-43-41-39-37-35-33-31-29-27-24-22-20-18-16-14-12-10-8-6-4-2/h6,8,12,14-15,17-18,20-21,23-24,27,31,33,37,39,50H,3-5,7,9-11,13,16,19,22,25-26,28-30,32,34-36,38,40-49,52H2,1-2H3,(H,54,55)/b8-6-,14-12-,17-15-,20-18-,23-21-,27-24-,33-31-,39-37-. The molecule has 0 aromatic carbocycles. The Balaban J connectivity index is 4.12. The quantitative estimate of drug-likeness (QED) is 0.0269. The second kappa shape index (κ2) is 47.5. The predicted molar refractivity (Wildman–Crippen MR) is 256 cm³/mol. The molecule has 0 aliphatic carbocycles. The molecule has 8 nitrogen and oxygen atoms in total. The highest BCUT2D eigenvalue weighted by Crippen LogP contribution is 2.43. The summed E-state index contributed by atoms with van der Waals surface area (Å²) in [6, 6.07) is 0. The van der Waals surface area contributed by atoms with E-state index in [0.717, 1.165) is 77.0 Å². The number of rotatable bonds is 44. The molecule has 0 aromatic rings. The first kappa shape index (κ1) is 57.4. The number of phosphoric ester groups is 1. The molecule has 0 saturated carbocycles. The van der Waals surface area contributed by atoms with E-state index >= 15 is 0 Å². The van der Waals surface area contributed by atoms with Crippen LogP contribution in [0.2, 0.25) is 0 Å². The minimum absolute atomic E-state index is 0.0688. The van der Waals surface area contributed by atoms with Crippen LogP contribution in [0.3, 0.4) is 0 Å². The van der Waals surface area contributed by atoms with Gasteiger partial charge in [0.25, 0.3) is 0 Å². The minimum Gasteiger partial charge on any atom is -0.457 e. The summed E-state index contributed by atoms with van der Waals surface area (Å²) in [5.41, 5.74) is 5.38. The van der Waals surface area contributed by atoms with Crippen molar-refractivity contribution >= 4 is 13.8 Å². The second-order valence-electron chi connectivity index (χ2n) is 15.2. The highest BCUT2D eigenvalue weighted by Gasteiger charge is 2.25. The molecule has 0 aliphatic heterocycles. The summed E-state index contributed by atoms with van der Waals surface area (Å²) in [4.78, 5) is 22.5. The third-order valence-corrected chi connectivity index (χ3v) is 10.5. The van der Waals surface area contributed by atoms with Crippen molar-refractivity contribution in [2.24, 2.45) is 5.73 Å². The summed E-state index contributed by atoms with van der Waals surface area (Å²) in [5, 5.41) is 0. The molecule has 0 heterocycles. The monoisotopic (exact) mass is 858 g/mol. The van der Waals surface area contributed by atoms with Crippen LogP contribution in [0.5, 0.6) is 0 Å². The van der Waals surface area contributed by atoms with Gasteiger partial charge >= 0.3 is 13.8 Å². The van der Waals surface area contributed by atoms with Crippen LogP contribution in [0.4, 0.5) is 0 Å². The normalized spacial score (nSPS) is 14.3. The van der Waals surface area contributed by atoms with E-state index in [0.29, 0.717) is 13.0 Å². The first-order chi connectivity index (χ1) is 29.4. The molecule has 9 heteroatoms. The van der Waals surface area contributed by atoms with Crippen molar-refractivity contribution in [1.82, 2.24) is 0 Å². The third-order valence-electron chi connectivity index (χ3n) is 9.49. The molecule has 0 aromatic heterocycles. The van der Waals surface area contributed by atoms with E-state index < -0.39 is 13.9 Å². The first-order valence-corrected chi connectivity index (χ1v) is 25.2. The molecular weight excluding hydrogens is 770 g/mol. The van der Waals surface area contributed by atoms with Crippen LogP contribution in [0.1, 0.15) is 181 Å². The van der Waals surface area contributed by atoms with Crippen molar-refractivity contribution < 1.29 is 32.8 Å². The molecule has 60 heavy (non-hydrogen) atoms. The Bertz CT molecular complexity index is 1240.